The summed E-state index contributed by atoms with van der Waals surface area (Å²) in [4.78, 5) is 14.1. The molecular formula is C14H18BrNO2. The summed E-state index contributed by atoms with van der Waals surface area (Å²) < 4.78 is 0.923. The zero-order chi connectivity index (χ0) is 13.1. The zero-order valence-electron chi connectivity index (χ0n) is 10.5. The van der Waals surface area contributed by atoms with E-state index in [1.165, 1.54) is 0 Å². The van der Waals surface area contributed by atoms with Crippen LogP contribution in [-0.2, 0) is 0 Å². The van der Waals surface area contributed by atoms with Crippen molar-refractivity contribution in [2.45, 2.75) is 25.9 Å². The van der Waals surface area contributed by atoms with Crippen LogP contribution in [0.2, 0.25) is 0 Å². The first kappa shape index (κ1) is 13.6. The van der Waals surface area contributed by atoms with E-state index >= 15 is 0 Å². The minimum atomic E-state index is -0.270. The number of piperidine rings is 1. The maximum Gasteiger partial charge on any atom is 0.253 e. The first-order valence-electron chi connectivity index (χ1n) is 6.31. The topological polar surface area (TPSA) is 40.5 Å². The van der Waals surface area contributed by atoms with Crippen molar-refractivity contribution in [3.8, 4) is 0 Å². The van der Waals surface area contributed by atoms with E-state index in [0.29, 0.717) is 5.92 Å². The van der Waals surface area contributed by atoms with Crippen LogP contribution in [0.15, 0.2) is 28.7 Å². The van der Waals surface area contributed by atoms with E-state index in [4.69, 9.17) is 0 Å². The first-order valence-corrected chi connectivity index (χ1v) is 7.10. The van der Waals surface area contributed by atoms with Crippen LogP contribution in [0.3, 0.4) is 0 Å². The second kappa shape index (κ2) is 5.85. The van der Waals surface area contributed by atoms with E-state index in [0.717, 1.165) is 36.0 Å². The van der Waals surface area contributed by atoms with Crippen molar-refractivity contribution in [1.82, 2.24) is 4.90 Å². The molecule has 18 heavy (non-hydrogen) atoms. The number of nitrogens with zero attached hydrogens (tertiary/aromatic N) is 1. The molecule has 98 valence electrons. The molecular weight excluding hydrogens is 294 g/mol. The second-order valence-electron chi connectivity index (χ2n) is 4.88. The molecule has 1 atom stereocenters. The van der Waals surface area contributed by atoms with Crippen LogP contribution >= 0.6 is 15.9 Å². The summed E-state index contributed by atoms with van der Waals surface area (Å²) in [6, 6.07) is 7.48. The molecule has 0 bridgehead atoms. The molecule has 0 radical (unpaired) electrons. The number of aliphatic hydroxyl groups excluding tert-OH is 1. The Morgan fingerprint density at radius 3 is 2.67 bits per heavy atom. The number of amides is 1. The van der Waals surface area contributed by atoms with Crippen molar-refractivity contribution in [3.05, 3.63) is 34.3 Å². The first-order chi connectivity index (χ1) is 8.58. The fraction of sp³-hybridized carbons (Fsp3) is 0.500. The molecule has 1 aliphatic rings. The van der Waals surface area contributed by atoms with Crippen LogP contribution in [0.1, 0.15) is 30.1 Å². The van der Waals surface area contributed by atoms with Gasteiger partial charge in [-0.1, -0.05) is 22.0 Å². The molecule has 2 rings (SSSR count). The molecule has 1 N–H and O–H groups in total. The Kier molecular flexibility index (Phi) is 4.40. The summed E-state index contributed by atoms with van der Waals surface area (Å²) in [5.41, 5.74) is 0.722. The quantitative estimate of drug-likeness (QED) is 0.912. The molecule has 1 heterocycles. The van der Waals surface area contributed by atoms with Crippen molar-refractivity contribution < 1.29 is 9.90 Å². The third-order valence-electron chi connectivity index (χ3n) is 3.58. The maximum absolute atomic E-state index is 12.3. The largest absolute Gasteiger partial charge is 0.393 e. The van der Waals surface area contributed by atoms with Crippen LogP contribution in [0, 0.1) is 5.92 Å². The Balaban J connectivity index is 1.99. The third kappa shape index (κ3) is 3.12. The van der Waals surface area contributed by atoms with Gasteiger partial charge in [0, 0.05) is 23.1 Å². The lowest BCUT2D eigenvalue weighted by Gasteiger charge is -2.33. The summed E-state index contributed by atoms with van der Waals surface area (Å²) in [5, 5.41) is 9.55. The fourth-order valence-electron chi connectivity index (χ4n) is 2.39. The van der Waals surface area contributed by atoms with Crippen molar-refractivity contribution in [1.29, 1.82) is 0 Å². The molecule has 0 aliphatic carbocycles. The lowest BCUT2D eigenvalue weighted by molar-refractivity contribution is 0.0521. The van der Waals surface area contributed by atoms with Crippen molar-refractivity contribution in [2.75, 3.05) is 13.1 Å². The highest BCUT2D eigenvalue weighted by atomic mass is 79.9. The summed E-state index contributed by atoms with van der Waals surface area (Å²) in [7, 11) is 0. The normalized spacial score (nSPS) is 18.7. The number of likely N-dealkylation sites (tertiary alicyclic amines) is 1. The SMILES string of the molecule is CC(O)C1CCN(C(=O)c2cccc(Br)c2)CC1. The lowest BCUT2D eigenvalue weighted by atomic mass is 9.92. The van der Waals surface area contributed by atoms with E-state index in [9.17, 15) is 9.90 Å². The average Bonchev–Trinajstić information content (AvgIpc) is 2.38. The Labute approximate surface area is 116 Å². The highest BCUT2D eigenvalue weighted by molar-refractivity contribution is 9.10. The number of carbonyl (C=O) groups is 1. The number of benzene rings is 1. The van der Waals surface area contributed by atoms with Crippen LogP contribution in [0.4, 0.5) is 0 Å². The second-order valence-corrected chi connectivity index (χ2v) is 5.80. The Hall–Kier alpha value is -0.870. The highest BCUT2D eigenvalue weighted by Crippen LogP contribution is 2.22. The lowest BCUT2D eigenvalue weighted by Crippen LogP contribution is -2.40. The smallest absolute Gasteiger partial charge is 0.253 e. The van der Waals surface area contributed by atoms with Gasteiger partial charge >= 0.3 is 0 Å². The minimum Gasteiger partial charge on any atom is -0.393 e. The van der Waals surface area contributed by atoms with Gasteiger partial charge in [0.25, 0.3) is 5.91 Å². The maximum atomic E-state index is 12.3. The number of hydrogen-bond acceptors (Lipinski definition) is 2. The molecule has 0 aromatic heterocycles. The summed E-state index contributed by atoms with van der Waals surface area (Å²) in [6.07, 6.45) is 1.50. The van der Waals surface area contributed by atoms with E-state index in [-0.39, 0.29) is 12.0 Å². The van der Waals surface area contributed by atoms with Gasteiger partial charge in [0.1, 0.15) is 0 Å². The monoisotopic (exact) mass is 311 g/mol. The highest BCUT2D eigenvalue weighted by Gasteiger charge is 2.25. The standard InChI is InChI=1S/C14H18BrNO2/c1-10(17)11-5-7-16(8-6-11)14(18)12-3-2-4-13(15)9-12/h2-4,9-11,17H,5-8H2,1H3. The third-order valence-corrected chi connectivity index (χ3v) is 4.07. The summed E-state index contributed by atoms with van der Waals surface area (Å²) >= 11 is 3.38. The van der Waals surface area contributed by atoms with E-state index in [1.807, 2.05) is 36.1 Å². The summed E-state index contributed by atoms with van der Waals surface area (Å²) in [6.45, 7) is 3.30. The van der Waals surface area contributed by atoms with E-state index in [1.54, 1.807) is 0 Å². The van der Waals surface area contributed by atoms with Gasteiger partial charge in [-0.2, -0.15) is 0 Å². The molecule has 3 nitrogen and oxygen atoms in total. The van der Waals surface area contributed by atoms with Crippen molar-refractivity contribution in [3.63, 3.8) is 0 Å². The Morgan fingerprint density at radius 2 is 2.11 bits per heavy atom. The van der Waals surface area contributed by atoms with Gasteiger partial charge in [0.05, 0.1) is 6.10 Å². The molecule has 0 spiro atoms. The average molecular weight is 312 g/mol. The number of carbonyl (C=O) groups excluding carboxylic acids is 1. The number of hydrogen-bond donors (Lipinski definition) is 1. The van der Waals surface area contributed by atoms with Crippen LogP contribution < -0.4 is 0 Å². The molecule has 1 saturated heterocycles. The fourth-order valence-corrected chi connectivity index (χ4v) is 2.79. The number of rotatable bonds is 2. The molecule has 0 saturated carbocycles. The Morgan fingerprint density at radius 1 is 1.44 bits per heavy atom. The zero-order valence-corrected chi connectivity index (χ0v) is 12.1. The molecule has 1 aromatic rings. The van der Waals surface area contributed by atoms with Gasteiger partial charge in [-0.3, -0.25) is 4.79 Å². The van der Waals surface area contributed by atoms with Gasteiger partial charge in [-0.25, -0.2) is 0 Å². The van der Waals surface area contributed by atoms with Gasteiger partial charge in [-0.05, 0) is 43.9 Å². The van der Waals surface area contributed by atoms with Crippen LogP contribution in [0.5, 0.6) is 0 Å². The minimum absolute atomic E-state index is 0.0837. The number of aliphatic hydroxyl groups is 1. The molecule has 1 amide bonds. The molecule has 1 aliphatic heterocycles. The van der Waals surface area contributed by atoms with Gasteiger partial charge in [0.15, 0.2) is 0 Å². The molecule has 1 fully saturated rings. The predicted molar refractivity (Wildman–Crippen MR) is 74.5 cm³/mol. The van der Waals surface area contributed by atoms with Crippen molar-refractivity contribution in [2.24, 2.45) is 5.92 Å². The van der Waals surface area contributed by atoms with E-state index < -0.39 is 0 Å². The number of halogens is 1. The van der Waals surface area contributed by atoms with Gasteiger partial charge in [0.2, 0.25) is 0 Å². The molecule has 1 aromatic carbocycles. The predicted octanol–water partition coefficient (Wildman–Crippen LogP) is 2.68. The van der Waals surface area contributed by atoms with Gasteiger partial charge in [-0.15, -0.1) is 0 Å². The molecule has 4 heteroatoms. The van der Waals surface area contributed by atoms with Crippen LogP contribution in [0.25, 0.3) is 0 Å². The van der Waals surface area contributed by atoms with Crippen molar-refractivity contribution >= 4 is 21.8 Å². The van der Waals surface area contributed by atoms with Crippen LogP contribution in [-0.4, -0.2) is 35.1 Å². The van der Waals surface area contributed by atoms with E-state index in [2.05, 4.69) is 15.9 Å². The summed E-state index contributed by atoms with van der Waals surface area (Å²) in [5.74, 6) is 0.414. The van der Waals surface area contributed by atoms with Gasteiger partial charge < -0.3 is 10.0 Å². The Bertz CT molecular complexity index is 426. The molecule has 1 unspecified atom stereocenters.